The van der Waals surface area contributed by atoms with E-state index in [0.29, 0.717) is 0 Å². The summed E-state index contributed by atoms with van der Waals surface area (Å²) in [5, 5.41) is 3.95. The summed E-state index contributed by atoms with van der Waals surface area (Å²) in [5.74, 6) is 0. The van der Waals surface area contributed by atoms with Crippen molar-refractivity contribution in [2.24, 2.45) is 0 Å². The van der Waals surface area contributed by atoms with Crippen molar-refractivity contribution >= 4 is 34.2 Å². The Morgan fingerprint density at radius 3 is 2.50 bits per heavy atom. The van der Waals surface area contributed by atoms with Crippen molar-refractivity contribution in [1.82, 2.24) is 0 Å². The van der Waals surface area contributed by atoms with E-state index in [0.717, 1.165) is 39.7 Å². The van der Waals surface area contributed by atoms with E-state index in [9.17, 15) is 4.79 Å². The van der Waals surface area contributed by atoms with Crippen LogP contribution in [0.5, 0.6) is 0 Å². The van der Waals surface area contributed by atoms with E-state index < -0.39 is 7.53 Å². The molecular weight excluding hydrogens is 265 g/mol. The molecule has 0 aliphatic heterocycles. The van der Waals surface area contributed by atoms with E-state index in [1.165, 1.54) is 5.12 Å². The van der Waals surface area contributed by atoms with Gasteiger partial charge in [-0.2, -0.15) is 0 Å². The molecule has 2 nitrogen and oxygen atoms in total. The lowest BCUT2D eigenvalue weighted by atomic mass is 10.1. The zero-order valence-electron chi connectivity index (χ0n) is 11.8. The fraction of sp³-hybridized carbons (Fsp3) is 0.235. The molecule has 0 amide bonds. The van der Waals surface area contributed by atoms with E-state index >= 15 is 0 Å². The Bertz CT molecular complexity index is 864. The first-order valence-corrected chi connectivity index (χ1v) is 8.54. The molecule has 20 heavy (non-hydrogen) atoms. The van der Waals surface area contributed by atoms with Crippen LogP contribution in [0.3, 0.4) is 0 Å². The van der Waals surface area contributed by atoms with Crippen LogP contribution in [0, 0.1) is 0 Å². The minimum atomic E-state index is -0.516. The maximum absolute atomic E-state index is 12.7. The largest absolute Gasteiger partial charge is 0.398 e. The lowest BCUT2D eigenvalue weighted by Gasteiger charge is -2.14. The molecule has 1 unspecified atom stereocenters. The molecule has 102 valence electrons. The van der Waals surface area contributed by atoms with Crippen LogP contribution in [-0.2, 0) is 12.6 Å². The molecule has 0 radical (unpaired) electrons. The van der Waals surface area contributed by atoms with Crippen molar-refractivity contribution < 1.29 is 0 Å². The summed E-state index contributed by atoms with van der Waals surface area (Å²) in [5.41, 5.74) is 8.47. The van der Waals surface area contributed by atoms with Gasteiger partial charge in [-0.05, 0) is 24.2 Å². The first kappa shape index (κ1) is 13.2. The zero-order valence-corrected chi connectivity index (χ0v) is 12.7. The standard InChI is InChI=1S/C17H18NOP/c1-3-11-9-10-13-16(19)12-7-5-6-8-14(12)20(4-2)17(13)15(11)18/h5-10H,3-4,18H2,1-2H3. The molecule has 0 saturated carbocycles. The van der Waals surface area contributed by atoms with E-state index in [-0.39, 0.29) is 5.43 Å². The summed E-state index contributed by atoms with van der Waals surface area (Å²) in [6.07, 6.45) is 1.92. The molecule has 2 N–H and O–H groups in total. The molecule has 1 aromatic heterocycles. The second-order valence-electron chi connectivity index (χ2n) is 4.98. The van der Waals surface area contributed by atoms with E-state index in [2.05, 4.69) is 19.9 Å². The predicted octanol–water partition coefficient (Wildman–Crippen LogP) is 4.50. The molecule has 2 aromatic carbocycles. The molecule has 1 atom stereocenters. The van der Waals surface area contributed by atoms with Gasteiger partial charge in [-0.3, -0.25) is 4.79 Å². The molecular formula is C17H18NOP. The van der Waals surface area contributed by atoms with Gasteiger partial charge in [0.2, 0.25) is 0 Å². The van der Waals surface area contributed by atoms with Gasteiger partial charge in [-0.1, -0.05) is 44.2 Å². The van der Waals surface area contributed by atoms with Crippen molar-refractivity contribution in [3.8, 4) is 0 Å². The van der Waals surface area contributed by atoms with Crippen molar-refractivity contribution in [3.05, 3.63) is 52.2 Å². The number of rotatable bonds is 2. The number of benzene rings is 2. The first-order chi connectivity index (χ1) is 9.69. The van der Waals surface area contributed by atoms with E-state index in [1.807, 2.05) is 30.3 Å². The second-order valence-corrected chi connectivity index (χ2v) is 7.40. The monoisotopic (exact) mass is 283 g/mol. The van der Waals surface area contributed by atoms with Crippen molar-refractivity contribution in [2.75, 3.05) is 5.73 Å². The van der Waals surface area contributed by atoms with Crippen molar-refractivity contribution in [3.63, 3.8) is 0 Å². The highest BCUT2D eigenvalue weighted by Gasteiger charge is 2.14. The van der Waals surface area contributed by atoms with Crippen molar-refractivity contribution in [2.45, 2.75) is 26.4 Å². The normalized spacial score (nSPS) is 12.2. The van der Waals surface area contributed by atoms with Gasteiger partial charge >= 0.3 is 0 Å². The Hall–Kier alpha value is -1.79. The molecule has 3 rings (SSSR count). The van der Waals surface area contributed by atoms with E-state index in [1.54, 1.807) is 0 Å². The lowest BCUT2D eigenvalue weighted by Crippen LogP contribution is -2.04. The van der Waals surface area contributed by atoms with Gasteiger partial charge < -0.3 is 5.73 Å². The van der Waals surface area contributed by atoms with Crippen LogP contribution in [0.1, 0.15) is 19.4 Å². The maximum atomic E-state index is 12.7. The Morgan fingerprint density at radius 2 is 1.80 bits per heavy atom. The van der Waals surface area contributed by atoms with E-state index in [4.69, 9.17) is 5.73 Å². The van der Waals surface area contributed by atoms with Gasteiger partial charge in [0.1, 0.15) is 0 Å². The van der Waals surface area contributed by atoms with Crippen LogP contribution < -0.4 is 11.2 Å². The third kappa shape index (κ3) is 1.76. The highest BCUT2D eigenvalue weighted by atomic mass is 31.1. The predicted molar refractivity (Wildman–Crippen MR) is 89.9 cm³/mol. The zero-order chi connectivity index (χ0) is 14.3. The number of nitrogen functional groups attached to an aromatic ring is 1. The first-order valence-electron chi connectivity index (χ1n) is 7.01. The Morgan fingerprint density at radius 1 is 1.05 bits per heavy atom. The van der Waals surface area contributed by atoms with Crippen LogP contribution in [0.15, 0.2) is 41.2 Å². The van der Waals surface area contributed by atoms with Gasteiger partial charge in [-0.15, -0.1) is 7.53 Å². The molecule has 0 spiro atoms. The smallest absolute Gasteiger partial charge is 0.194 e. The SMILES string of the molecule is CCc1ccc2c(=O)c3ccccc3p(CC)c2c1N. The molecule has 3 heteroatoms. The summed E-state index contributed by atoms with van der Waals surface area (Å²) in [6.45, 7) is 4.28. The summed E-state index contributed by atoms with van der Waals surface area (Å²) >= 11 is 0. The quantitative estimate of drug-likeness (QED) is 0.555. The maximum Gasteiger partial charge on any atom is 0.194 e. The highest BCUT2D eigenvalue weighted by molar-refractivity contribution is 7.60. The van der Waals surface area contributed by atoms with Crippen molar-refractivity contribution in [1.29, 1.82) is 0 Å². The molecule has 0 bridgehead atoms. The van der Waals surface area contributed by atoms with Crippen LogP contribution in [-0.4, -0.2) is 0 Å². The minimum Gasteiger partial charge on any atom is -0.398 e. The number of hydrogen-bond acceptors (Lipinski definition) is 2. The third-order valence-corrected chi connectivity index (χ3v) is 6.58. The summed E-state index contributed by atoms with van der Waals surface area (Å²) < 4.78 is 0. The fourth-order valence-corrected chi connectivity index (χ4v) is 5.46. The number of aryl methyl sites for hydroxylation is 2. The lowest BCUT2D eigenvalue weighted by molar-refractivity contribution is 1.15. The highest BCUT2D eigenvalue weighted by Crippen LogP contribution is 2.47. The Labute approximate surface area is 119 Å². The Kier molecular flexibility index (Phi) is 3.27. The average molecular weight is 283 g/mol. The molecule has 0 fully saturated rings. The molecule has 0 aliphatic rings. The van der Waals surface area contributed by atoms with Gasteiger partial charge in [0.05, 0.1) is 0 Å². The second kappa shape index (κ2) is 4.96. The molecule has 3 aromatic rings. The van der Waals surface area contributed by atoms with Crippen LogP contribution in [0.2, 0.25) is 0 Å². The third-order valence-electron chi connectivity index (χ3n) is 3.96. The van der Waals surface area contributed by atoms with Gasteiger partial charge in [-0.25, -0.2) is 0 Å². The van der Waals surface area contributed by atoms with Crippen LogP contribution >= 0.6 is 7.53 Å². The summed E-state index contributed by atoms with van der Waals surface area (Å²) in [4.78, 5) is 12.7. The number of hydrogen-bond donors (Lipinski definition) is 1. The van der Waals surface area contributed by atoms with Gasteiger partial charge in [0, 0.05) is 26.7 Å². The summed E-state index contributed by atoms with van der Waals surface area (Å²) in [6, 6.07) is 12.0. The molecule has 1 heterocycles. The topological polar surface area (TPSA) is 43.1 Å². The minimum absolute atomic E-state index is 0.122. The number of fused-ring (bicyclic) bond motifs is 2. The average Bonchev–Trinajstić information content (AvgIpc) is 2.49. The number of anilines is 1. The fourth-order valence-electron chi connectivity index (χ4n) is 2.93. The van der Waals surface area contributed by atoms with Gasteiger partial charge in [0.25, 0.3) is 0 Å². The Balaban J connectivity index is 2.65. The van der Waals surface area contributed by atoms with Crippen LogP contribution in [0.25, 0.3) is 21.0 Å². The van der Waals surface area contributed by atoms with Crippen LogP contribution in [0.4, 0.5) is 5.69 Å². The molecule has 0 aliphatic carbocycles. The summed E-state index contributed by atoms with van der Waals surface area (Å²) in [7, 11) is -0.516. The van der Waals surface area contributed by atoms with Gasteiger partial charge in [0.15, 0.2) is 5.43 Å². The molecule has 0 saturated heterocycles. The number of nitrogens with two attached hydrogens (primary N) is 1.